The molecule has 14 heavy (non-hydrogen) atoms. The molecule has 1 unspecified atom stereocenters. The molecule has 3 nitrogen and oxygen atoms in total. The van der Waals surface area contributed by atoms with Crippen LogP contribution in [-0.4, -0.2) is 55.6 Å². The molecule has 0 aromatic heterocycles. The summed E-state index contributed by atoms with van der Waals surface area (Å²) >= 11 is 0. The second kappa shape index (κ2) is 6.17. The van der Waals surface area contributed by atoms with Gasteiger partial charge in [-0.3, -0.25) is 4.90 Å². The second-order valence-electron chi connectivity index (χ2n) is 4.17. The summed E-state index contributed by atoms with van der Waals surface area (Å²) in [4.78, 5) is 4.94. The van der Waals surface area contributed by atoms with Crippen LogP contribution in [0.5, 0.6) is 0 Å². The zero-order valence-electron chi connectivity index (χ0n) is 9.45. The van der Waals surface area contributed by atoms with Gasteiger partial charge in [-0.05, 0) is 26.9 Å². The summed E-state index contributed by atoms with van der Waals surface area (Å²) in [5, 5.41) is 0. The highest BCUT2D eigenvalue weighted by Crippen LogP contribution is 2.07. The van der Waals surface area contributed by atoms with Gasteiger partial charge < -0.3 is 10.6 Å². The maximum Gasteiger partial charge on any atom is 0.0198 e. The molecule has 3 heteroatoms. The van der Waals surface area contributed by atoms with E-state index in [0.717, 1.165) is 6.54 Å². The van der Waals surface area contributed by atoms with Crippen molar-refractivity contribution in [2.24, 2.45) is 5.73 Å². The van der Waals surface area contributed by atoms with Gasteiger partial charge in [-0.1, -0.05) is 12.2 Å². The van der Waals surface area contributed by atoms with Gasteiger partial charge in [0.1, 0.15) is 0 Å². The number of rotatable bonds is 3. The fraction of sp³-hybridized carbons (Fsp3) is 0.818. The molecular weight excluding hydrogens is 174 g/mol. The van der Waals surface area contributed by atoms with E-state index in [2.05, 4.69) is 29.8 Å². The van der Waals surface area contributed by atoms with Crippen LogP contribution >= 0.6 is 0 Å². The summed E-state index contributed by atoms with van der Waals surface area (Å²) in [6.45, 7) is 7.62. The van der Waals surface area contributed by atoms with Crippen molar-refractivity contribution in [1.29, 1.82) is 0 Å². The van der Waals surface area contributed by atoms with Crippen molar-refractivity contribution < 1.29 is 0 Å². The third-order valence-electron chi connectivity index (χ3n) is 2.83. The standard InChI is InChI=1S/C11H23N3/c1-11-10-13(2)7-5-9-14(11)8-4-3-6-12/h3-4,11H,5-10,12H2,1-2H3/b4-3+. The summed E-state index contributed by atoms with van der Waals surface area (Å²) < 4.78 is 0. The summed E-state index contributed by atoms with van der Waals surface area (Å²) in [5.74, 6) is 0. The first kappa shape index (κ1) is 11.7. The zero-order valence-corrected chi connectivity index (χ0v) is 9.45. The minimum absolute atomic E-state index is 0.655. The zero-order chi connectivity index (χ0) is 10.4. The minimum atomic E-state index is 0.655. The maximum absolute atomic E-state index is 5.42. The quantitative estimate of drug-likeness (QED) is 0.670. The first-order valence-electron chi connectivity index (χ1n) is 5.51. The minimum Gasteiger partial charge on any atom is -0.327 e. The Morgan fingerprint density at radius 1 is 1.36 bits per heavy atom. The lowest BCUT2D eigenvalue weighted by atomic mass is 10.2. The van der Waals surface area contributed by atoms with Gasteiger partial charge in [-0.15, -0.1) is 0 Å². The second-order valence-corrected chi connectivity index (χ2v) is 4.17. The lowest BCUT2D eigenvalue weighted by Crippen LogP contribution is -2.37. The third kappa shape index (κ3) is 3.78. The fourth-order valence-corrected chi connectivity index (χ4v) is 2.00. The van der Waals surface area contributed by atoms with E-state index in [0.29, 0.717) is 12.6 Å². The van der Waals surface area contributed by atoms with E-state index in [1.807, 2.05) is 6.08 Å². The highest BCUT2D eigenvalue weighted by Gasteiger charge is 2.17. The summed E-state index contributed by atoms with van der Waals surface area (Å²) in [7, 11) is 2.20. The van der Waals surface area contributed by atoms with Crippen molar-refractivity contribution in [3.05, 3.63) is 12.2 Å². The average molecular weight is 197 g/mol. The first-order valence-corrected chi connectivity index (χ1v) is 5.51. The number of hydrogen-bond acceptors (Lipinski definition) is 3. The molecule has 0 aromatic rings. The van der Waals surface area contributed by atoms with Gasteiger partial charge in [0.2, 0.25) is 0 Å². The van der Waals surface area contributed by atoms with Crippen LogP contribution in [0.15, 0.2) is 12.2 Å². The Morgan fingerprint density at radius 3 is 2.86 bits per heavy atom. The van der Waals surface area contributed by atoms with Crippen LogP contribution in [0.4, 0.5) is 0 Å². The summed E-state index contributed by atoms with van der Waals surface area (Å²) in [6.07, 6.45) is 5.50. The summed E-state index contributed by atoms with van der Waals surface area (Å²) in [6, 6.07) is 0.657. The molecule has 1 fully saturated rings. The van der Waals surface area contributed by atoms with Crippen LogP contribution in [0.1, 0.15) is 13.3 Å². The van der Waals surface area contributed by atoms with E-state index in [1.165, 1.54) is 26.1 Å². The molecule has 1 atom stereocenters. The smallest absolute Gasteiger partial charge is 0.0198 e. The van der Waals surface area contributed by atoms with Crippen molar-refractivity contribution in [1.82, 2.24) is 9.80 Å². The Morgan fingerprint density at radius 2 is 2.14 bits per heavy atom. The Kier molecular flexibility index (Phi) is 5.15. The molecule has 1 saturated heterocycles. The van der Waals surface area contributed by atoms with Crippen molar-refractivity contribution in [3.8, 4) is 0 Å². The molecule has 1 aliphatic heterocycles. The molecule has 2 N–H and O–H groups in total. The van der Waals surface area contributed by atoms with Gasteiger partial charge in [-0.2, -0.15) is 0 Å². The number of nitrogens with two attached hydrogens (primary N) is 1. The van der Waals surface area contributed by atoms with Crippen LogP contribution in [0.2, 0.25) is 0 Å². The van der Waals surface area contributed by atoms with E-state index in [1.54, 1.807) is 0 Å². The van der Waals surface area contributed by atoms with Crippen molar-refractivity contribution in [2.45, 2.75) is 19.4 Å². The highest BCUT2D eigenvalue weighted by molar-refractivity contribution is 4.88. The van der Waals surface area contributed by atoms with E-state index in [-0.39, 0.29) is 0 Å². The van der Waals surface area contributed by atoms with E-state index >= 15 is 0 Å². The van der Waals surface area contributed by atoms with Crippen LogP contribution in [0, 0.1) is 0 Å². The van der Waals surface area contributed by atoms with Gasteiger partial charge in [-0.25, -0.2) is 0 Å². The van der Waals surface area contributed by atoms with Crippen molar-refractivity contribution in [2.75, 3.05) is 39.8 Å². The van der Waals surface area contributed by atoms with Gasteiger partial charge in [0, 0.05) is 32.2 Å². The molecule has 0 amide bonds. The molecule has 1 rings (SSSR count). The number of likely N-dealkylation sites (N-methyl/N-ethyl adjacent to an activating group) is 1. The van der Waals surface area contributed by atoms with Gasteiger partial charge in [0.15, 0.2) is 0 Å². The third-order valence-corrected chi connectivity index (χ3v) is 2.83. The van der Waals surface area contributed by atoms with Gasteiger partial charge >= 0.3 is 0 Å². The molecule has 0 aromatic carbocycles. The molecule has 1 heterocycles. The SMILES string of the molecule is CC1CN(C)CCCN1C/C=C/CN. The maximum atomic E-state index is 5.42. The molecule has 0 radical (unpaired) electrons. The molecule has 82 valence electrons. The lowest BCUT2D eigenvalue weighted by Gasteiger charge is -2.26. The Balaban J connectivity index is 2.38. The van der Waals surface area contributed by atoms with E-state index in [9.17, 15) is 0 Å². The number of hydrogen-bond donors (Lipinski definition) is 1. The average Bonchev–Trinajstić information content (AvgIpc) is 2.29. The molecular formula is C11H23N3. The predicted molar refractivity (Wildman–Crippen MR) is 61.3 cm³/mol. The Hall–Kier alpha value is -0.380. The van der Waals surface area contributed by atoms with E-state index < -0.39 is 0 Å². The fourth-order valence-electron chi connectivity index (χ4n) is 2.00. The summed E-state index contributed by atoms with van der Waals surface area (Å²) in [5.41, 5.74) is 5.42. The van der Waals surface area contributed by atoms with Crippen LogP contribution in [0.3, 0.4) is 0 Å². The largest absolute Gasteiger partial charge is 0.327 e. The first-order chi connectivity index (χ1) is 6.74. The van der Waals surface area contributed by atoms with Crippen LogP contribution in [0.25, 0.3) is 0 Å². The Bertz CT molecular complexity index is 179. The molecule has 1 aliphatic rings. The normalized spacial score (nSPS) is 26.9. The molecule has 0 spiro atoms. The van der Waals surface area contributed by atoms with Crippen molar-refractivity contribution in [3.63, 3.8) is 0 Å². The molecule has 0 saturated carbocycles. The lowest BCUT2D eigenvalue weighted by molar-refractivity contribution is 0.221. The van der Waals surface area contributed by atoms with Crippen LogP contribution < -0.4 is 5.73 Å². The molecule has 0 bridgehead atoms. The number of nitrogens with zero attached hydrogens (tertiary/aromatic N) is 2. The monoisotopic (exact) mass is 197 g/mol. The van der Waals surface area contributed by atoms with Gasteiger partial charge in [0.25, 0.3) is 0 Å². The highest BCUT2D eigenvalue weighted by atomic mass is 15.2. The topological polar surface area (TPSA) is 32.5 Å². The predicted octanol–water partition coefficient (Wildman–Crippen LogP) is 0.527. The van der Waals surface area contributed by atoms with Gasteiger partial charge in [0.05, 0.1) is 0 Å². The van der Waals surface area contributed by atoms with Crippen LogP contribution in [-0.2, 0) is 0 Å². The molecule has 0 aliphatic carbocycles. The Labute approximate surface area is 87.6 Å². The van der Waals surface area contributed by atoms with E-state index in [4.69, 9.17) is 5.73 Å². The van der Waals surface area contributed by atoms with Crippen molar-refractivity contribution >= 4 is 0 Å².